The van der Waals surface area contributed by atoms with Crippen molar-refractivity contribution in [1.82, 2.24) is 10.2 Å². The van der Waals surface area contributed by atoms with Gasteiger partial charge in [-0.1, -0.05) is 34.1 Å². The third-order valence-electron chi connectivity index (χ3n) is 2.18. The summed E-state index contributed by atoms with van der Waals surface area (Å²) >= 11 is 10.1. The second-order valence-electron chi connectivity index (χ2n) is 3.74. The van der Waals surface area contributed by atoms with Crippen molar-refractivity contribution in [3.05, 3.63) is 41.1 Å². The highest BCUT2D eigenvalue weighted by Crippen LogP contribution is 2.16. The van der Waals surface area contributed by atoms with Gasteiger partial charge in [0, 0.05) is 5.75 Å². The summed E-state index contributed by atoms with van der Waals surface area (Å²) < 4.78 is 10.8. The number of rotatable bonds is 7. The van der Waals surface area contributed by atoms with Gasteiger partial charge in [-0.3, -0.25) is 0 Å². The fourth-order valence-corrected chi connectivity index (χ4v) is 2.95. The van der Waals surface area contributed by atoms with E-state index in [4.69, 9.17) is 21.4 Å². The zero-order valence-corrected chi connectivity index (χ0v) is 13.3. The van der Waals surface area contributed by atoms with Crippen LogP contribution >= 0.6 is 39.9 Å². The average Bonchev–Trinajstić information content (AvgIpc) is 2.83. The number of thioether (sulfide) groups is 1. The predicted molar refractivity (Wildman–Crippen MR) is 82.5 cm³/mol. The number of nitrogens with one attached hydrogen (secondary N) is 1. The van der Waals surface area contributed by atoms with Crippen LogP contribution in [-0.2, 0) is 5.75 Å². The van der Waals surface area contributed by atoms with Crippen molar-refractivity contribution in [1.29, 1.82) is 0 Å². The molecule has 1 N–H and O–H groups in total. The van der Waals surface area contributed by atoms with E-state index in [-0.39, 0.29) is 4.83 Å². The summed E-state index contributed by atoms with van der Waals surface area (Å²) in [6.07, 6.45) is 0. The molecule has 102 valence electrons. The summed E-state index contributed by atoms with van der Waals surface area (Å²) in [4.78, 5) is 0.595. The number of hydrogen-bond acceptors (Lipinski definition) is 5. The molecule has 2 rings (SSSR count). The number of nitrogens with zero attached hydrogens (tertiary/aromatic N) is 1. The lowest BCUT2D eigenvalue weighted by molar-refractivity contribution is 0.325. The van der Waals surface area contributed by atoms with Crippen LogP contribution in [0, 0.1) is 4.84 Å². The molecule has 0 aliphatic carbocycles. The van der Waals surface area contributed by atoms with Crippen LogP contribution in [0.3, 0.4) is 0 Å². The molecule has 1 aromatic carbocycles. The minimum atomic E-state index is 0.277. The summed E-state index contributed by atoms with van der Waals surface area (Å²) in [5.74, 6) is 3.11. The first-order valence-corrected chi connectivity index (χ1v) is 8.16. The maximum Gasteiger partial charge on any atom is 0.284 e. The van der Waals surface area contributed by atoms with Crippen LogP contribution in [0.25, 0.3) is 0 Å². The molecule has 1 unspecified atom stereocenters. The first-order chi connectivity index (χ1) is 9.24. The van der Waals surface area contributed by atoms with Gasteiger partial charge in [0.05, 0.1) is 10.6 Å². The van der Waals surface area contributed by atoms with Crippen LogP contribution in [0.1, 0.15) is 5.89 Å². The highest BCUT2D eigenvalue weighted by Gasteiger charge is 2.07. The minimum absolute atomic E-state index is 0.277. The lowest BCUT2D eigenvalue weighted by atomic mass is 10.3. The Bertz CT molecular complexity index is 544. The van der Waals surface area contributed by atoms with Gasteiger partial charge in [0.2, 0.25) is 5.89 Å². The summed E-state index contributed by atoms with van der Waals surface area (Å²) in [6.45, 7) is 0.626. The van der Waals surface area contributed by atoms with Crippen LogP contribution in [-0.4, -0.2) is 27.4 Å². The number of aromatic amines is 1. The molecule has 0 saturated heterocycles. The monoisotopic (exact) mass is 360 g/mol. The normalized spacial score (nSPS) is 12.3. The van der Waals surface area contributed by atoms with E-state index in [0.717, 1.165) is 11.5 Å². The molecule has 4 nitrogen and oxygen atoms in total. The van der Waals surface area contributed by atoms with Gasteiger partial charge in [0.1, 0.15) is 12.4 Å². The van der Waals surface area contributed by atoms with Crippen LogP contribution < -0.4 is 4.74 Å². The zero-order valence-electron chi connectivity index (χ0n) is 10.0. The SMILES string of the molecule is S=c1[nH]nc(CSCC(Br)COc2ccccc2)o1. The van der Waals surface area contributed by atoms with Gasteiger partial charge in [-0.25, -0.2) is 5.10 Å². The Morgan fingerprint density at radius 3 is 2.89 bits per heavy atom. The van der Waals surface area contributed by atoms with Gasteiger partial charge < -0.3 is 9.15 Å². The molecule has 0 spiro atoms. The highest BCUT2D eigenvalue weighted by atomic mass is 79.9. The Balaban J connectivity index is 1.64. The van der Waals surface area contributed by atoms with E-state index in [1.54, 1.807) is 11.8 Å². The second kappa shape index (κ2) is 7.72. The molecular weight excluding hydrogens is 348 g/mol. The Morgan fingerprint density at radius 1 is 1.42 bits per heavy atom. The number of aromatic nitrogens is 2. The molecule has 7 heteroatoms. The van der Waals surface area contributed by atoms with Gasteiger partial charge >= 0.3 is 0 Å². The van der Waals surface area contributed by atoms with Crippen LogP contribution in [0.15, 0.2) is 34.7 Å². The quantitative estimate of drug-likeness (QED) is 0.600. The molecule has 1 atom stereocenters. The molecule has 0 saturated carbocycles. The average molecular weight is 361 g/mol. The van der Waals surface area contributed by atoms with Gasteiger partial charge in [-0.15, -0.1) is 5.10 Å². The molecule has 0 fully saturated rings. The highest BCUT2D eigenvalue weighted by molar-refractivity contribution is 9.09. The second-order valence-corrected chi connectivity index (χ2v) is 6.44. The Kier molecular flexibility index (Phi) is 5.93. The van der Waals surface area contributed by atoms with E-state index < -0.39 is 0 Å². The van der Waals surface area contributed by atoms with Crippen molar-refractivity contribution in [3.8, 4) is 5.75 Å². The molecule has 0 aliphatic rings. The molecule has 0 radical (unpaired) electrons. The number of ether oxygens (including phenoxy) is 1. The van der Waals surface area contributed by atoms with E-state index in [2.05, 4.69) is 26.1 Å². The van der Waals surface area contributed by atoms with Crippen molar-refractivity contribution in [2.45, 2.75) is 10.6 Å². The topological polar surface area (TPSA) is 51.0 Å². The fraction of sp³-hybridized carbons (Fsp3) is 0.333. The fourth-order valence-electron chi connectivity index (χ4n) is 1.35. The molecule has 1 heterocycles. The molecule has 2 aromatic rings. The van der Waals surface area contributed by atoms with Crippen LogP contribution in [0.2, 0.25) is 0 Å². The van der Waals surface area contributed by atoms with Crippen molar-refractivity contribution in [3.63, 3.8) is 0 Å². The molecule has 0 bridgehead atoms. The van der Waals surface area contributed by atoms with Gasteiger partial charge in [-0.2, -0.15) is 11.8 Å². The third kappa shape index (κ3) is 5.38. The number of para-hydroxylation sites is 1. The molecule has 0 amide bonds. The van der Waals surface area contributed by atoms with Crippen molar-refractivity contribution < 1.29 is 9.15 Å². The lowest BCUT2D eigenvalue weighted by Gasteiger charge is -2.10. The zero-order chi connectivity index (χ0) is 13.5. The summed E-state index contributed by atoms with van der Waals surface area (Å²) in [5.41, 5.74) is 0. The number of halogens is 1. The van der Waals surface area contributed by atoms with Gasteiger partial charge in [-0.05, 0) is 24.4 Å². The van der Waals surface area contributed by atoms with E-state index in [1.165, 1.54) is 0 Å². The van der Waals surface area contributed by atoms with E-state index >= 15 is 0 Å². The molecule has 19 heavy (non-hydrogen) atoms. The Hall–Kier alpha value is -0.790. The molecular formula is C12H13BrN2O2S2. The van der Waals surface area contributed by atoms with E-state index in [9.17, 15) is 0 Å². The van der Waals surface area contributed by atoms with Crippen molar-refractivity contribution in [2.24, 2.45) is 0 Å². The molecule has 0 aliphatic heterocycles. The Labute approximate surface area is 129 Å². The summed E-state index contributed by atoms with van der Waals surface area (Å²) in [6, 6.07) is 9.77. The smallest absolute Gasteiger partial charge is 0.284 e. The predicted octanol–water partition coefficient (Wildman–Crippen LogP) is 3.81. The largest absolute Gasteiger partial charge is 0.492 e. The minimum Gasteiger partial charge on any atom is -0.492 e. The Morgan fingerprint density at radius 2 is 2.21 bits per heavy atom. The van der Waals surface area contributed by atoms with Gasteiger partial charge in [0.15, 0.2) is 0 Å². The van der Waals surface area contributed by atoms with E-state index in [1.807, 2.05) is 30.3 Å². The third-order valence-corrected chi connectivity index (χ3v) is 4.46. The van der Waals surface area contributed by atoms with Crippen LogP contribution in [0.5, 0.6) is 5.75 Å². The van der Waals surface area contributed by atoms with E-state index in [0.29, 0.717) is 23.1 Å². The summed E-state index contributed by atoms with van der Waals surface area (Å²) in [7, 11) is 0. The number of hydrogen-bond donors (Lipinski definition) is 1. The number of alkyl halides is 1. The molecule has 1 aromatic heterocycles. The van der Waals surface area contributed by atoms with Crippen LogP contribution in [0.4, 0.5) is 0 Å². The number of H-pyrrole nitrogens is 1. The summed E-state index contributed by atoms with van der Waals surface area (Å²) in [5, 5.41) is 6.54. The van der Waals surface area contributed by atoms with Crippen molar-refractivity contribution in [2.75, 3.05) is 12.4 Å². The lowest BCUT2D eigenvalue weighted by Crippen LogP contribution is -2.13. The van der Waals surface area contributed by atoms with Crippen molar-refractivity contribution >= 4 is 39.9 Å². The first kappa shape index (κ1) is 14.6. The van der Waals surface area contributed by atoms with Gasteiger partial charge in [0.25, 0.3) is 4.84 Å². The standard InChI is InChI=1S/C12H13BrN2O2S2/c13-9(6-16-10-4-2-1-3-5-10)7-19-8-11-14-15-12(18)17-11/h1-5,9H,6-8H2,(H,15,18). The number of benzene rings is 1. The first-order valence-electron chi connectivity index (χ1n) is 5.68. The maximum atomic E-state index is 5.65. The maximum absolute atomic E-state index is 5.65.